The zero-order chi connectivity index (χ0) is 20.7. The molecule has 1 heterocycles. The van der Waals surface area contributed by atoms with Crippen LogP contribution in [0.1, 0.15) is 29.1 Å². The van der Waals surface area contributed by atoms with Crippen molar-refractivity contribution in [2.24, 2.45) is 0 Å². The highest BCUT2D eigenvalue weighted by atomic mass is 32.1. The highest BCUT2D eigenvalue weighted by molar-refractivity contribution is 7.12. The number of rotatable bonds is 6. The molecule has 0 saturated carbocycles. The molecule has 0 atom stereocenters. The lowest BCUT2D eigenvalue weighted by atomic mass is 10.2. The van der Waals surface area contributed by atoms with Crippen LogP contribution in [0.5, 0.6) is 11.5 Å². The number of hydrogen-bond acceptors (Lipinski definition) is 8. The Morgan fingerprint density at radius 3 is 2.32 bits per heavy atom. The van der Waals surface area contributed by atoms with Crippen molar-refractivity contribution < 1.29 is 33.4 Å². The molecule has 1 aromatic carbocycles. The van der Waals surface area contributed by atoms with Gasteiger partial charge in [0.15, 0.2) is 11.5 Å². The first-order valence-electron chi connectivity index (χ1n) is 7.96. The smallest absolute Gasteiger partial charge is 0.350 e. The van der Waals surface area contributed by atoms with Gasteiger partial charge in [0.2, 0.25) is 5.91 Å². The number of carbonyl (C=O) groups excluding carboxylic acids is 4. The second-order valence-electron chi connectivity index (χ2n) is 5.37. The minimum atomic E-state index is -0.583. The molecule has 0 bridgehead atoms. The van der Waals surface area contributed by atoms with Crippen molar-refractivity contribution in [2.75, 3.05) is 12.4 Å². The van der Waals surface area contributed by atoms with Gasteiger partial charge in [-0.2, -0.15) is 0 Å². The summed E-state index contributed by atoms with van der Waals surface area (Å²) in [5.41, 5.74) is 0.873. The molecule has 2 aromatic rings. The van der Waals surface area contributed by atoms with Crippen molar-refractivity contribution in [1.82, 2.24) is 0 Å². The fourth-order valence-electron chi connectivity index (χ4n) is 2.11. The van der Waals surface area contributed by atoms with Crippen LogP contribution < -0.4 is 14.8 Å². The minimum absolute atomic E-state index is 0.0519. The number of anilines is 1. The number of carbonyl (C=O) groups is 4. The van der Waals surface area contributed by atoms with Gasteiger partial charge in [-0.1, -0.05) is 6.07 Å². The summed E-state index contributed by atoms with van der Waals surface area (Å²) in [5, 5.41) is 4.25. The second kappa shape index (κ2) is 9.47. The van der Waals surface area contributed by atoms with E-state index in [1.165, 1.54) is 45.2 Å². The predicted octanol–water partition coefficient (Wildman–Crippen LogP) is 3.04. The number of benzene rings is 1. The number of hydrogen-bond donors (Lipinski definition) is 1. The Labute approximate surface area is 164 Å². The van der Waals surface area contributed by atoms with Crippen molar-refractivity contribution in [3.63, 3.8) is 0 Å². The third-order valence-corrected chi connectivity index (χ3v) is 4.09. The van der Waals surface area contributed by atoms with Gasteiger partial charge in [-0.15, -0.1) is 11.3 Å². The Balaban J connectivity index is 2.15. The van der Waals surface area contributed by atoms with Crippen molar-refractivity contribution >= 4 is 46.9 Å². The molecule has 1 amide bonds. The lowest BCUT2D eigenvalue weighted by Gasteiger charge is -2.09. The molecule has 9 heteroatoms. The zero-order valence-electron chi connectivity index (χ0n) is 15.3. The van der Waals surface area contributed by atoms with Crippen molar-refractivity contribution in [1.29, 1.82) is 0 Å². The number of amides is 1. The van der Waals surface area contributed by atoms with Crippen molar-refractivity contribution in [3.8, 4) is 11.5 Å². The molecule has 0 fully saturated rings. The summed E-state index contributed by atoms with van der Waals surface area (Å²) < 4.78 is 14.7. The maximum absolute atomic E-state index is 12.1. The first-order valence-corrected chi connectivity index (χ1v) is 8.84. The highest BCUT2D eigenvalue weighted by Crippen LogP contribution is 2.29. The Morgan fingerprint density at radius 2 is 1.68 bits per heavy atom. The number of methoxy groups -OCH3 is 1. The first-order chi connectivity index (χ1) is 13.3. The van der Waals surface area contributed by atoms with E-state index in [2.05, 4.69) is 10.1 Å². The molecule has 2 rings (SSSR count). The lowest BCUT2D eigenvalue weighted by molar-refractivity contribution is -0.134. The van der Waals surface area contributed by atoms with Gasteiger partial charge in [-0.3, -0.25) is 14.4 Å². The summed E-state index contributed by atoms with van der Waals surface area (Å²) in [6.07, 6.45) is 2.72. The number of ether oxygens (including phenoxy) is 3. The van der Waals surface area contributed by atoms with E-state index in [1.54, 1.807) is 17.5 Å². The molecule has 0 radical (unpaired) electrons. The summed E-state index contributed by atoms with van der Waals surface area (Å²) in [4.78, 5) is 46.4. The fourth-order valence-corrected chi connectivity index (χ4v) is 2.87. The van der Waals surface area contributed by atoms with Crippen LogP contribution >= 0.6 is 11.3 Å². The van der Waals surface area contributed by atoms with Gasteiger partial charge in [0.1, 0.15) is 4.88 Å². The fraction of sp³-hybridized carbons (Fsp3) is 0.158. The zero-order valence-corrected chi connectivity index (χ0v) is 16.1. The van der Waals surface area contributed by atoms with E-state index in [9.17, 15) is 19.2 Å². The molecule has 0 aliphatic heterocycles. The number of esters is 3. The molecule has 0 saturated heterocycles. The molecule has 0 aliphatic rings. The Kier molecular flexibility index (Phi) is 7.05. The van der Waals surface area contributed by atoms with Gasteiger partial charge in [0, 0.05) is 19.9 Å². The van der Waals surface area contributed by atoms with E-state index < -0.39 is 23.8 Å². The van der Waals surface area contributed by atoms with Gasteiger partial charge in [-0.25, -0.2) is 4.79 Å². The van der Waals surface area contributed by atoms with Crippen molar-refractivity contribution in [3.05, 3.63) is 46.2 Å². The van der Waals surface area contributed by atoms with E-state index in [0.29, 0.717) is 11.3 Å². The molecule has 146 valence electrons. The molecule has 1 aromatic heterocycles. The third-order valence-electron chi connectivity index (χ3n) is 3.20. The monoisotopic (exact) mass is 403 g/mol. The van der Waals surface area contributed by atoms with Crippen LogP contribution in [-0.4, -0.2) is 30.9 Å². The Morgan fingerprint density at radius 1 is 1.00 bits per heavy atom. The summed E-state index contributed by atoms with van der Waals surface area (Å²) in [7, 11) is 1.26. The summed E-state index contributed by atoms with van der Waals surface area (Å²) >= 11 is 1.15. The molecular weight excluding hydrogens is 386 g/mol. The molecule has 1 N–H and O–H groups in total. The average Bonchev–Trinajstić information content (AvgIpc) is 3.08. The molecule has 28 heavy (non-hydrogen) atoms. The van der Waals surface area contributed by atoms with Gasteiger partial charge < -0.3 is 19.5 Å². The highest BCUT2D eigenvalue weighted by Gasteiger charge is 2.15. The molecule has 0 aliphatic carbocycles. The number of nitrogens with one attached hydrogen (secondary N) is 1. The van der Waals surface area contributed by atoms with Crippen LogP contribution in [0.4, 0.5) is 5.69 Å². The summed E-state index contributed by atoms with van der Waals surface area (Å²) in [6, 6.07) is 6.08. The van der Waals surface area contributed by atoms with Gasteiger partial charge >= 0.3 is 17.9 Å². The van der Waals surface area contributed by atoms with E-state index >= 15 is 0 Å². The van der Waals surface area contributed by atoms with Crippen LogP contribution in [0.25, 0.3) is 6.08 Å². The Bertz CT molecular complexity index is 946. The number of thiophene rings is 1. The maximum Gasteiger partial charge on any atom is 0.350 e. The van der Waals surface area contributed by atoms with Crippen molar-refractivity contribution in [2.45, 2.75) is 13.8 Å². The van der Waals surface area contributed by atoms with Gasteiger partial charge in [0.05, 0.1) is 12.8 Å². The SMILES string of the molecule is COC(=O)c1sccc1NC(=O)/C=C/c1ccc(OC(C)=O)c(OC(C)=O)c1. The lowest BCUT2D eigenvalue weighted by Crippen LogP contribution is -2.10. The topological polar surface area (TPSA) is 108 Å². The van der Waals surface area contributed by atoms with E-state index in [1.807, 2.05) is 0 Å². The van der Waals surface area contributed by atoms with Crippen LogP contribution in [0.15, 0.2) is 35.7 Å². The normalized spacial score (nSPS) is 10.4. The Hall–Kier alpha value is -3.46. The molecule has 0 unspecified atom stereocenters. The van der Waals surface area contributed by atoms with Crippen LogP contribution in [0.3, 0.4) is 0 Å². The second-order valence-corrected chi connectivity index (χ2v) is 6.29. The van der Waals surface area contributed by atoms with Crippen LogP contribution in [0.2, 0.25) is 0 Å². The van der Waals surface area contributed by atoms with Crippen LogP contribution in [0, 0.1) is 0 Å². The third kappa shape index (κ3) is 5.78. The van der Waals surface area contributed by atoms with Crippen LogP contribution in [-0.2, 0) is 19.1 Å². The first kappa shape index (κ1) is 20.8. The molecule has 0 spiro atoms. The molecular formula is C19H17NO7S. The summed E-state index contributed by atoms with van der Waals surface area (Å²) in [6.45, 7) is 2.44. The average molecular weight is 403 g/mol. The van der Waals surface area contributed by atoms with E-state index in [-0.39, 0.29) is 16.4 Å². The van der Waals surface area contributed by atoms with E-state index in [4.69, 9.17) is 9.47 Å². The largest absolute Gasteiger partial charge is 0.465 e. The predicted molar refractivity (Wildman–Crippen MR) is 102 cm³/mol. The quantitative estimate of drug-likeness (QED) is 0.449. The maximum atomic E-state index is 12.1. The molecule has 8 nitrogen and oxygen atoms in total. The minimum Gasteiger partial charge on any atom is -0.465 e. The van der Waals surface area contributed by atoms with E-state index in [0.717, 1.165) is 11.3 Å². The standard InChI is InChI=1S/C19H17NO7S/c1-11(21)26-15-6-4-13(10-16(15)27-12(2)22)5-7-17(23)20-14-8-9-28-18(14)19(24)25-3/h4-10H,1-3H3,(H,20,23)/b7-5+. The van der Waals surface area contributed by atoms with Gasteiger partial charge in [0.25, 0.3) is 0 Å². The van der Waals surface area contributed by atoms with Gasteiger partial charge in [-0.05, 0) is 35.2 Å². The summed E-state index contributed by atoms with van der Waals surface area (Å²) in [5.74, 6) is -2.02.